The standard InChI is InChI=1S/C30H24F2N2O3/c1-33-30(36)27-25-16-21(9-14-26(25)37-28(27)19-7-12-24(32)13-8-19)20-3-2-4-22(15-20)29(35)34-17-18-5-10-23(31)11-6-18/h2-16,27-28H,17H2,1H3,(H,33,36)(H,34,35). The van der Waals surface area contributed by atoms with E-state index in [0.29, 0.717) is 16.9 Å². The van der Waals surface area contributed by atoms with Gasteiger partial charge in [-0.1, -0.05) is 42.5 Å². The first-order valence-electron chi connectivity index (χ1n) is 11.8. The molecule has 1 aliphatic rings. The highest BCUT2D eigenvalue weighted by atomic mass is 19.1. The van der Waals surface area contributed by atoms with Gasteiger partial charge in [-0.05, 0) is 70.8 Å². The smallest absolute Gasteiger partial charge is 0.251 e. The van der Waals surface area contributed by atoms with Crippen molar-refractivity contribution < 1.29 is 23.1 Å². The van der Waals surface area contributed by atoms with Crippen molar-refractivity contribution in [3.8, 4) is 16.9 Å². The van der Waals surface area contributed by atoms with E-state index in [1.54, 1.807) is 49.5 Å². The quantitative estimate of drug-likeness (QED) is 0.368. The fourth-order valence-electron chi connectivity index (χ4n) is 4.52. The Labute approximate surface area is 213 Å². The molecule has 37 heavy (non-hydrogen) atoms. The number of carbonyl (C=O) groups excluding carboxylic acids is 2. The number of nitrogens with one attached hydrogen (secondary N) is 2. The van der Waals surface area contributed by atoms with Gasteiger partial charge in [0.1, 0.15) is 29.4 Å². The zero-order valence-corrected chi connectivity index (χ0v) is 20.0. The first-order chi connectivity index (χ1) is 17.9. The van der Waals surface area contributed by atoms with Crippen LogP contribution in [-0.4, -0.2) is 18.9 Å². The maximum atomic E-state index is 13.5. The second-order valence-electron chi connectivity index (χ2n) is 8.82. The summed E-state index contributed by atoms with van der Waals surface area (Å²) in [4.78, 5) is 25.7. The molecule has 4 aromatic carbocycles. The summed E-state index contributed by atoms with van der Waals surface area (Å²) in [5, 5.41) is 5.56. The highest BCUT2D eigenvalue weighted by molar-refractivity contribution is 5.95. The zero-order chi connectivity index (χ0) is 25.9. The van der Waals surface area contributed by atoms with Gasteiger partial charge in [0.25, 0.3) is 5.91 Å². The van der Waals surface area contributed by atoms with Crippen LogP contribution in [0, 0.1) is 11.6 Å². The number of fused-ring (bicyclic) bond motifs is 1. The van der Waals surface area contributed by atoms with Crippen molar-refractivity contribution in [3.63, 3.8) is 0 Å². The molecular formula is C30H24F2N2O3. The van der Waals surface area contributed by atoms with Crippen molar-refractivity contribution in [2.75, 3.05) is 7.05 Å². The lowest BCUT2D eigenvalue weighted by molar-refractivity contribution is -0.123. The van der Waals surface area contributed by atoms with Crippen LogP contribution in [-0.2, 0) is 11.3 Å². The third-order valence-electron chi connectivity index (χ3n) is 6.45. The first-order valence-corrected chi connectivity index (χ1v) is 11.8. The van der Waals surface area contributed by atoms with Crippen LogP contribution in [0.3, 0.4) is 0 Å². The fourth-order valence-corrected chi connectivity index (χ4v) is 4.52. The molecule has 2 N–H and O–H groups in total. The first kappa shape index (κ1) is 24.2. The van der Waals surface area contributed by atoms with Gasteiger partial charge in [-0.15, -0.1) is 0 Å². The normalized spacial score (nSPS) is 16.0. The highest BCUT2D eigenvalue weighted by Crippen LogP contribution is 2.47. The van der Waals surface area contributed by atoms with E-state index in [0.717, 1.165) is 22.3 Å². The monoisotopic (exact) mass is 498 g/mol. The molecule has 0 radical (unpaired) electrons. The van der Waals surface area contributed by atoms with E-state index in [4.69, 9.17) is 4.74 Å². The average Bonchev–Trinajstić information content (AvgIpc) is 3.31. The van der Waals surface area contributed by atoms with Gasteiger partial charge in [0.2, 0.25) is 5.91 Å². The lowest BCUT2D eigenvalue weighted by Crippen LogP contribution is -2.28. The SMILES string of the molecule is CNC(=O)C1c2cc(-c3cccc(C(=O)NCc4ccc(F)cc4)c3)ccc2OC1c1ccc(F)cc1. The second-order valence-corrected chi connectivity index (χ2v) is 8.82. The van der Waals surface area contributed by atoms with E-state index < -0.39 is 12.0 Å². The highest BCUT2D eigenvalue weighted by Gasteiger charge is 2.40. The van der Waals surface area contributed by atoms with Gasteiger partial charge in [0, 0.05) is 24.7 Å². The minimum absolute atomic E-state index is 0.209. The summed E-state index contributed by atoms with van der Waals surface area (Å²) in [6.07, 6.45) is -0.589. The summed E-state index contributed by atoms with van der Waals surface area (Å²) in [5.74, 6) is -1.19. The minimum atomic E-state index is -0.618. The van der Waals surface area contributed by atoms with Crippen LogP contribution >= 0.6 is 0 Å². The molecule has 0 spiro atoms. The predicted molar refractivity (Wildman–Crippen MR) is 136 cm³/mol. The molecule has 0 saturated carbocycles. The number of amides is 2. The minimum Gasteiger partial charge on any atom is -0.484 e. The zero-order valence-electron chi connectivity index (χ0n) is 20.0. The Morgan fingerprint density at radius 1 is 0.838 bits per heavy atom. The maximum Gasteiger partial charge on any atom is 0.251 e. The second kappa shape index (κ2) is 10.2. The van der Waals surface area contributed by atoms with Crippen LogP contribution < -0.4 is 15.4 Å². The van der Waals surface area contributed by atoms with Crippen LogP contribution in [0.15, 0.2) is 91.0 Å². The molecule has 0 saturated heterocycles. The van der Waals surface area contributed by atoms with Crippen molar-refractivity contribution in [2.24, 2.45) is 0 Å². The van der Waals surface area contributed by atoms with Crippen molar-refractivity contribution in [1.82, 2.24) is 10.6 Å². The average molecular weight is 499 g/mol. The maximum absolute atomic E-state index is 13.5. The molecule has 186 valence electrons. The lowest BCUT2D eigenvalue weighted by atomic mass is 9.88. The van der Waals surface area contributed by atoms with E-state index in [2.05, 4.69) is 10.6 Å². The molecule has 1 aliphatic heterocycles. The van der Waals surface area contributed by atoms with Crippen LogP contribution in [0.4, 0.5) is 8.78 Å². The van der Waals surface area contributed by atoms with Gasteiger partial charge in [-0.2, -0.15) is 0 Å². The number of hydrogen-bond acceptors (Lipinski definition) is 3. The van der Waals surface area contributed by atoms with Crippen LogP contribution in [0.1, 0.15) is 39.1 Å². The van der Waals surface area contributed by atoms with Crippen molar-refractivity contribution in [3.05, 3.63) is 125 Å². The summed E-state index contributed by atoms with van der Waals surface area (Å²) in [5.41, 5.74) is 4.32. The van der Waals surface area contributed by atoms with Crippen LogP contribution in [0.25, 0.3) is 11.1 Å². The Morgan fingerprint density at radius 3 is 2.22 bits per heavy atom. The van der Waals surface area contributed by atoms with Crippen LogP contribution in [0.2, 0.25) is 0 Å². The van der Waals surface area contributed by atoms with E-state index in [-0.39, 0.29) is 30.0 Å². The molecule has 0 aromatic heterocycles. The predicted octanol–water partition coefficient (Wildman–Crippen LogP) is 5.53. The van der Waals surface area contributed by atoms with E-state index in [1.807, 2.05) is 24.3 Å². The molecule has 0 fully saturated rings. The third-order valence-corrected chi connectivity index (χ3v) is 6.45. The summed E-state index contributed by atoms with van der Waals surface area (Å²) >= 11 is 0. The number of hydrogen-bond donors (Lipinski definition) is 2. The summed E-state index contributed by atoms with van der Waals surface area (Å²) in [6.45, 7) is 0.276. The molecule has 7 heteroatoms. The summed E-state index contributed by atoms with van der Waals surface area (Å²) in [6, 6.07) is 24.7. The van der Waals surface area contributed by atoms with E-state index in [9.17, 15) is 18.4 Å². The molecule has 4 aromatic rings. The molecule has 0 bridgehead atoms. The van der Waals surface area contributed by atoms with E-state index in [1.165, 1.54) is 24.3 Å². The number of rotatable bonds is 6. The number of benzene rings is 4. The molecule has 5 nitrogen and oxygen atoms in total. The molecule has 2 amide bonds. The number of carbonyl (C=O) groups is 2. The van der Waals surface area contributed by atoms with Gasteiger partial charge in [0.05, 0.1) is 0 Å². The Hall–Kier alpha value is -4.52. The lowest BCUT2D eigenvalue weighted by Gasteiger charge is -2.18. The Bertz CT molecular complexity index is 1450. The van der Waals surface area contributed by atoms with Gasteiger partial charge in [0.15, 0.2) is 0 Å². The van der Waals surface area contributed by atoms with Crippen molar-refractivity contribution >= 4 is 11.8 Å². The topological polar surface area (TPSA) is 67.4 Å². The molecule has 2 unspecified atom stereocenters. The van der Waals surface area contributed by atoms with Gasteiger partial charge in [-0.3, -0.25) is 9.59 Å². The Balaban J connectivity index is 1.40. The molecule has 2 atom stereocenters. The Kier molecular flexibility index (Phi) is 6.68. The number of likely N-dealkylation sites (N-methyl/N-ethyl adjacent to an activating group) is 1. The van der Waals surface area contributed by atoms with Gasteiger partial charge >= 0.3 is 0 Å². The number of ether oxygens (including phenoxy) is 1. The molecule has 5 rings (SSSR count). The fraction of sp³-hybridized carbons (Fsp3) is 0.133. The van der Waals surface area contributed by atoms with Crippen molar-refractivity contribution in [2.45, 2.75) is 18.6 Å². The largest absolute Gasteiger partial charge is 0.484 e. The molecule has 1 heterocycles. The molecule has 0 aliphatic carbocycles. The summed E-state index contributed by atoms with van der Waals surface area (Å²) in [7, 11) is 1.57. The van der Waals surface area contributed by atoms with Crippen LogP contribution in [0.5, 0.6) is 5.75 Å². The van der Waals surface area contributed by atoms with E-state index >= 15 is 0 Å². The van der Waals surface area contributed by atoms with Gasteiger partial charge < -0.3 is 15.4 Å². The Morgan fingerprint density at radius 2 is 1.51 bits per heavy atom. The van der Waals surface area contributed by atoms with Gasteiger partial charge in [-0.25, -0.2) is 8.78 Å². The van der Waals surface area contributed by atoms with Crippen molar-refractivity contribution in [1.29, 1.82) is 0 Å². The third kappa shape index (κ3) is 5.07. The summed E-state index contributed by atoms with van der Waals surface area (Å²) < 4.78 is 32.7. The molecular weight excluding hydrogens is 474 g/mol. The number of halogens is 2.